The maximum Gasteiger partial charge on any atom is 0.234 e. The fourth-order valence-electron chi connectivity index (χ4n) is 1.22. The number of hydrogen-bond donors (Lipinski definition) is 2. The fourth-order valence-corrected chi connectivity index (χ4v) is 2.22. The van der Waals surface area contributed by atoms with Crippen LogP contribution in [0.15, 0.2) is 6.07 Å². The first-order valence-corrected chi connectivity index (χ1v) is 5.98. The Morgan fingerprint density at radius 1 is 1.47 bits per heavy atom. The van der Waals surface area contributed by atoms with Crippen LogP contribution in [0.2, 0.25) is 0 Å². The van der Waals surface area contributed by atoms with Crippen LogP contribution in [0, 0.1) is 13.8 Å². The van der Waals surface area contributed by atoms with E-state index in [-0.39, 0.29) is 5.91 Å². The Labute approximate surface area is 94.9 Å². The minimum atomic E-state index is 0.0561. The van der Waals surface area contributed by atoms with Gasteiger partial charge in [-0.25, -0.2) is 0 Å². The minimum Gasteiger partial charge on any atom is -0.350 e. The maximum atomic E-state index is 11.3. The molecule has 0 radical (unpaired) electrons. The molecule has 2 N–H and O–H groups in total. The zero-order valence-corrected chi connectivity index (χ0v) is 10.3. The first-order chi connectivity index (χ1) is 7.13. The third kappa shape index (κ3) is 4.01. The Morgan fingerprint density at radius 2 is 2.20 bits per heavy atom. The van der Waals surface area contributed by atoms with E-state index in [2.05, 4.69) is 30.5 Å². The number of carbonyl (C=O) groups excluding carboxylic acids is 1. The van der Waals surface area contributed by atoms with Crippen molar-refractivity contribution >= 4 is 17.2 Å². The molecule has 15 heavy (non-hydrogen) atoms. The van der Waals surface area contributed by atoms with Crippen molar-refractivity contribution in [1.82, 2.24) is 10.6 Å². The molecule has 0 saturated carbocycles. The normalized spacial score (nSPS) is 10.3. The summed E-state index contributed by atoms with van der Waals surface area (Å²) in [4.78, 5) is 13.8. The zero-order chi connectivity index (χ0) is 11.3. The van der Waals surface area contributed by atoms with Gasteiger partial charge in [0.2, 0.25) is 5.91 Å². The molecule has 1 aromatic heterocycles. The molecule has 0 fully saturated rings. The molecule has 1 rings (SSSR count). The van der Waals surface area contributed by atoms with E-state index < -0.39 is 0 Å². The molecule has 0 bridgehead atoms. The Kier molecular flexibility index (Phi) is 4.78. The highest BCUT2D eigenvalue weighted by Gasteiger charge is 2.03. The first kappa shape index (κ1) is 12.2. The molecule has 0 spiro atoms. The SMILES string of the molecule is CCNCC(=O)NCc1cc(C)c(C)s1. The van der Waals surface area contributed by atoms with E-state index in [1.807, 2.05) is 6.92 Å². The van der Waals surface area contributed by atoms with E-state index in [0.717, 1.165) is 6.54 Å². The number of likely N-dealkylation sites (N-methyl/N-ethyl adjacent to an activating group) is 1. The molecule has 0 unspecified atom stereocenters. The number of carbonyl (C=O) groups is 1. The highest BCUT2D eigenvalue weighted by atomic mass is 32.1. The molecule has 0 saturated heterocycles. The second-order valence-electron chi connectivity index (χ2n) is 3.51. The number of rotatable bonds is 5. The molecular weight excluding hydrogens is 208 g/mol. The molecule has 1 aromatic rings. The highest BCUT2D eigenvalue weighted by Crippen LogP contribution is 2.19. The molecule has 0 aliphatic rings. The van der Waals surface area contributed by atoms with E-state index >= 15 is 0 Å². The van der Waals surface area contributed by atoms with Gasteiger partial charge >= 0.3 is 0 Å². The smallest absolute Gasteiger partial charge is 0.234 e. The van der Waals surface area contributed by atoms with Crippen molar-refractivity contribution in [3.63, 3.8) is 0 Å². The van der Waals surface area contributed by atoms with Crippen molar-refractivity contribution in [3.8, 4) is 0 Å². The van der Waals surface area contributed by atoms with Crippen LogP contribution in [0.5, 0.6) is 0 Å². The third-order valence-electron chi connectivity index (χ3n) is 2.21. The summed E-state index contributed by atoms with van der Waals surface area (Å²) in [6.45, 7) is 8.05. The third-order valence-corrected chi connectivity index (χ3v) is 3.36. The van der Waals surface area contributed by atoms with E-state index in [0.29, 0.717) is 13.1 Å². The number of amides is 1. The lowest BCUT2D eigenvalue weighted by molar-refractivity contribution is -0.120. The van der Waals surface area contributed by atoms with Gasteiger partial charge in [-0.15, -0.1) is 11.3 Å². The lowest BCUT2D eigenvalue weighted by atomic mass is 10.3. The van der Waals surface area contributed by atoms with Crippen molar-refractivity contribution in [2.75, 3.05) is 13.1 Å². The molecule has 1 heterocycles. The second kappa shape index (κ2) is 5.88. The van der Waals surface area contributed by atoms with Crippen molar-refractivity contribution in [2.45, 2.75) is 27.3 Å². The molecule has 4 heteroatoms. The molecule has 0 aromatic carbocycles. The van der Waals surface area contributed by atoms with Gasteiger partial charge in [0.15, 0.2) is 0 Å². The largest absolute Gasteiger partial charge is 0.350 e. The average Bonchev–Trinajstić information content (AvgIpc) is 2.52. The Hall–Kier alpha value is -0.870. The summed E-state index contributed by atoms with van der Waals surface area (Å²) in [6.07, 6.45) is 0. The predicted octanol–water partition coefficient (Wildman–Crippen LogP) is 1.59. The Bertz CT molecular complexity index is 314. The van der Waals surface area contributed by atoms with Crippen LogP contribution >= 0.6 is 11.3 Å². The van der Waals surface area contributed by atoms with Crippen LogP contribution in [-0.4, -0.2) is 19.0 Å². The molecule has 3 nitrogen and oxygen atoms in total. The van der Waals surface area contributed by atoms with Gasteiger partial charge in [-0.2, -0.15) is 0 Å². The summed E-state index contributed by atoms with van der Waals surface area (Å²) in [5, 5.41) is 5.88. The van der Waals surface area contributed by atoms with E-state index in [4.69, 9.17) is 0 Å². The molecule has 0 aliphatic heterocycles. The zero-order valence-electron chi connectivity index (χ0n) is 9.52. The fraction of sp³-hybridized carbons (Fsp3) is 0.545. The van der Waals surface area contributed by atoms with Gasteiger partial charge in [-0.3, -0.25) is 4.79 Å². The van der Waals surface area contributed by atoms with Crippen molar-refractivity contribution in [1.29, 1.82) is 0 Å². The minimum absolute atomic E-state index is 0.0561. The number of thiophene rings is 1. The van der Waals surface area contributed by atoms with Crippen LogP contribution in [0.3, 0.4) is 0 Å². The van der Waals surface area contributed by atoms with Crippen LogP contribution in [0.4, 0.5) is 0 Å². The number of nitrogens with one attached hydrogen (secondary N) is 2. The standard InChI is InChI=1S/C11H18N2OS/c1-4-12-7-11(14)13-6-10-5-8(2)9(3)15-10/h5,12H,4,6-7H2,1-3H3,(H,13,14). The molecule has 84 valence electrons. The molecular formula is C11H18N2OS. The van der Waals surface area contributed by atoms with Crippen LogP contribution in [0.25, 0.3) is 0 Å². The first-order valence-electron chi connectivity index (χ1n) is 5.16. The topological polar surface area (TPSA) is 41.1 Å². The van der Waals surface area contributed by atoms with E-state index in [1.165, 1.54) is 15.3 Å². The van der Waals surface area contributed by atoms with Gasteiger partial charge in [0.25, 0.3) is 0 Å². The highest BCUT2D eigenvalue weighted by molar-refractivity contribution is 7.12. The summed E-state index contributed by atoms with van der Waals surface area (Å²) < 4.78 is 0. The second-order valence-corrected chi connectivity index (χ2v) is 4.85. The summed E-state index contributed by atoms with van der Waals surface area (Å²) >= 11 is 1.75. The Balaban J connectivity index is 2.33. The lowest BCUT2D eigenvalue weighted by Crippen LogP contribution is -2.33. The van der Waals surface area contributed by atoms with Crippen molar-refractivity contribution < 1.29 is 4.79 Å². The molecule has 0 aliphatic carbocycles. The quantitative estimate of drug-likeness (QED) is 0.800. The number of hydrogen-bond acceptors (Lipinski definition) is 3. The molecule has 0 atom stereocenters. The summed E-state index contributed by atoms with van der Waals surface area (Å²) in [7, 11) is 0. The van der Waals surface area contributed by atoms with Crippen molar-refractivity contribution in [2.24, 2.45) is 0 Å². The Morgan fingerprint density at radius 3 is 2.73 bits per heavy atom. The maximum absolute atomic E-state index is 11.3. The molecule has 1 amide bonds. The lowest BCUT2D eigenvalue weighted by Gasteiger charge is -2.03. The summed E-state index contributed by atoms with van der Waals surface area (Å²) in [5.41, 5.74) is 1.30. The van der Waals surface area contributed by atoms with Gasteiger partial charge in [0, 0.05) is 9.75 Å². The van der Waals surface area contributed by atoms with Gasteiger partial charge in [0.1, 0.15) is 0 Å². The van der Waals surface area contributed by atoms with E-state index in [9.17, 15) is 4.79 Å². The average molecular weight is 226 g/mol. The van der Waals surface area contributed by atoms with Crippen LogP contribution in [0.1, 0.15) is 22.2 Å². The summed E-state index contributed by atoms with van der Waals surface area (Å²) in [5.74, 6) is 0.0561. The van der Waals surface area contributed by atoms with Gasteiger partial charge in [-0.05, 0) is 32.0 Å². The van der Waals surface area contributed by atoms with Gasteiger partial charge < -0.3 is 10.6 Å². The monoisotopic (exact) mass is 226 g/mol. The van der Waals surface area contributed by atoms with Crippen LogP contribution in [-0.2, 0) is 11.3 Å². The number of aryl methyl sites for hydroxylation is 2. The van der Waals surface area contributed by atoms with Gasteiger partial charge in [-0.1, -0.05) is 6.92 Å². The predicted molar refractivity (Wildman–Crippen MR) is 64.2 cm³/mol. The van der Waals surface area contributed by atoms with Crippen molar-refractivity contribution in [3.05, 3.63) is 21.4 Å². The summed E-state index contributed by atoms with van der Waals surface area (Å²) in [6, 6.07) is 2.13. The van der Waals surface area contributed by atoms with E-state index in [1.54, 1.807) is 11.3 Å². The van der Waals surface area contributed by atoms with Gasteiger partial charge in [0.05, 0.1) is 13.1 Å². The van der Waals surface area contributed by atoms with Crippen LogP contribution < -0.4 is 10.6 Å².